The van der Waals surface area contributed by atoms with Crippen molar-refractivity contribution in [3.63, 3.8) is 0 Å². The van der Waals surface area contributed by atoms with Crippen LogP contribution in [0.25, 0.3) is 0 Å². The monoisotopic (exact) mass is 203 g/mol. The average molecular weight is 203 g/mol. The van der Waals surface area contributed by atoms with Crippen LogP contribution in [-0.4, -0.2) is 11.3 Å². The zero-order valence-corrected chi connectivity index (χ0v) is 10.3. The third-order valence-electron chi connectivity index (χ3n) is 2.46. The van der Waals surface area contributed by atoms with Crippen molar-refractivity contribution < 1.29 is 0 Å². The zero-order valence-electron chi connectivity index (χ0n) is 10.3. The van der Waals surface area contributed by atoms with E-state index in [1.807, 2.05) is 13.0 Å². The van der Waals surface area contributed by atoms with Crippen LogP contribution in [0.3, 0.4) is 0 Å². The Morgan fingerprint density at radius 1 is 1.33 bits per heavy atom. The highest BCUT2D eigenvalue weighted by atomic mass is 14.9. The van der Waals surface area contributed by atoms with Crippen LogP contribution in [-0.2, 0) is 0 Å². The van der Waals surface area contributed by atoms with E-state index in [1.54, 1.807) is 0 Å². The number of aliphatic imine (C=N–C) groups is 1. The zero-order chi connectivity index (χ0) is 11.5. The van der Waals surface area contributed by atoms with Crippen molar-refractivity contribution >= 4 is 5.71 Å². The molecular weight excluding hydrogens is 182 g/mol. The molecule has 0 aromatic rings. The first kappa shape index (κ1) is 12.0. The highest BCUT2D eigenvalue weighted by Gasteiger charge is 2.22. The van der Waals surface area contributed by atoms with E-state index in [0.717, 1.165) is 18.4 Å². The van der Waals surface area contributed by atoms with Crippen molar-refractivity contribution in [1.82, 2.24) is 0 Å². The molecule has 0 aromatic heterocycles. The Bertz CT molecular complexity index is 340. The number of hydrogen-bond donors (Lipinski definition) is 0. The average Bonchev–Trinajstić information content (AvgIpc) is 2.42. The minimum Gasteiger partial charge on any atom is -0.284 e. The van der Waals surface area contributed by atoms with E-state index in [1.165, 1.54) is 11.3 Å². The quantitative estimate of drug-likeness (QED) is 0.613. The summed E-state index contributed by atoms with van der Waals surface area (Å²) in [6.45, 7) is 12.3. The van der Waals surface area contributed by atoms with Gasteiger partial charge in [0.25, 0.3) is 0 Å². The summed E-state index contributed by atoms with van der Waals surface area (Å²) in [7, 11) is 0. The minimum absolute atomic E-state index is 0.143. The van der Waals surface area contributed by atoms with E-state index in [-0.39, 0.29) is 5.54 Å². The van der Waals surface area contributed by atoms with Gasteiger partial charge in [0, 0.05) is 5.71 Å². The molecule has 0 spiro atoms. The van der Waals surface area contributed by atoms with Crippen molar-refractivity contribution in [1.29, 1.82) is 0 Å². The molecule has 0 atom stereocenters. The highest BCUT2D eigenvalue weighted by Crippen LogP contribution is 2.25. The van der Waals surface area contributed by atoms with Crippen LogP contribution in [0.4, 0.5) is 0 Å². The van der Waals surface area contributed by atoms with Gasteiger partial charge in [-0.1, -0.05) is 24.3 Å². The van der Waals surface area contributed by atoms with Gasteiger partial charge in [0.05, 0.1) is 5.54 Å². The van der Waals surface area contributed by atoms with E-state index >= 15 is 0 Å². The second-order valence-electron chi connectivity index (χ2n) is 4.98. The van der Waals surface area contributed by atoms with Gasteiger partial charge in [-0.25, -0.2) is 0 Å². The van der Waals surface area contributed by atoms with Gasteiger partial charge in [0.15, 0.2) is 0 Å². The lowest BCUT2D eigenvalue weighted by atomic mass is 10.0. The Labute approximate surface area is 93.3 Å². The van der Waals surface area contributed by atoms with E-state index in [0.29, 0.717) is 0 Å². The fourth-order valence-electron chi connectivity index (χ4n) is 1.62. The molecule has 1 aliphatic rings. The summed E-state index contributed by atoms with van der Waals surface area (Å²) < 4.78 is 0. The topological polar surface area (TPSA) is 12.4 Å². The highest BCUT2D eigenvalue weighted by molar-refractivity contribution is 5.97. The van der Waals surface area contributed by atoms with Crippen LogP contribution in [0.1, 0.15) is 40.5 Å². The van der Waals surface area contributed by atoms with Crippen LogP contribution in [0.2, 0.25) is 0 Å². The standard InChI is InChI=1S/C14H21N/c1-11(2)6-7-12(3)10-13-8-9-14(4,5)15-13/h6-7,10H,1,8-9H2,2-5H3/b7-6-,12-10+. The lowest BCUT2D eigenvalue weighted by Crippen LogP contribution is -2.10. The summed E-state index contributed by atoms with van der Waals surface area (Å²) in [5, 5.41) is 0. The molecule has 0 aliphatic carbocycles. The third kappa shape index (κ3) is 4.28. The molecule has 1 aliphatic heterocycles. The number of hydrogen-bond acceptors (Lipinski definition) is 1. The first-order valence-electron chi connectivity index (χ1n) is 5.50. The van der Waals surface area contributed by atoms with Gasteiger partial charge in [-0.2, -0.15) is 0 Å². The van der Waals surface area contributed by atoms with Crippen molar-refractivity contribution in [2.45, 2.75) is 46.1 Å². The van der Waals surface area contributed by atoms with Crippen LogP contribution >= 0.6 is 0 Å². The van der Waals surface area contributed by atoms with Crippen LogP contribution in [0.15, 0.2) is 40.9 Å². The molecule has 0 saturated heterocycles. The van der Waals surface area contributed by atoms with Crippen LogP contribution in [0, 0.1) is 0 Å². The molecule has 0 fully saturated rings. The van der Waals surface area contributed by atoms with Crippen LogP contribution < -0.4 is 0 Å². The first-order chi connectivity index (χ1) is 6.89. The Kier molecular flexibility index (Phi) is 3.67. The van der Waals surface area contributed by atoms with E-state index in [4.69, 9.17) is 0 Å². The smallest absolute Gasteiger partial charge is 0.0559 e. The number of rotatable bonds is 3. The molecule has 1 heterocycles. The molecule has 1 rings (SSSR count). The SMILES string of the molecule is C=C(C)/C=C\C(C)=C\C1=NC(C)(C)CC1. The van der Waals surface area contributed by atoms with E-state index in [2.05, 4.69) is 44.5 Å². The van der Waals surface area contributed by atoms with Crippen molar-refractivity contribution in [3.05, 3.63) is 36.0 Å². The second-order valence-corrected chi connectivity index (χ2v) is 4.98. The first-order valence-corrected chi connectivity index (χ1v) is 5.50. The van der Waals surface area contributed by atoms with E-state index in [9.17, 15) is 0 Å². The normalized spacial score (nSPS) is 20.8. The molecule has 0 bridgehead atoms. The molecule has 0 radical (unpaired) electrons. The van der Waals surface area contributed by atoms with Gasteiger partial charge >= 0.3 is 0 Å². The maximum absolute atomic E-state index is 4.67. The molecule has 15 heavy (non-hydrogen) atoms. The summed E-state index contributed by atoms with van der Waals surface area (Å²) >= 11 is 0. The Hall–Kier alpha value is -1.11. The fraction of sp³-hybridized carbons (Fsp3) is 0.500. The summed E-state index contributed by atoms with van der Waals surface area (Å²) in [5.41, 5.74) is 3.69. The van der Waals surface area contributed by atoms with Gasteiger partial charge in [-0.05, 0) is 52.2 Å². The number of nitrogens with zero attached hydrogens (tertiary/aromatic N) is 1. The maximum Gasteiger partial charge on any atom is 0.0559 e. The summed E-state index contributed by atoms with van der Waals surface area (Å²) in [6.07, 6.45) is 8.57. The maximum atomic E-state index is 4.67. The van der Waals surface area contributed by atoms with Crippen molar-refractivity contribution in [2.24, 2.45) is 4.99 Å². The molecule has 0 N–H and O–H groups in total. The van der Waals surface area contributed by atoms with Crippen LogP contribution in [0.5, 0.6) is 0 Å². The summed E-state index contributed by atoms with van der Waals surface area (Å²) in [5.74, 6) is 0. The van der Waals surface area contributed by atoms with Gasteiger partial charge in [-0.15, -0.1) is 0 Å². The predicted octanol–water partition coefficient (Wildman–Crippen LogP) is 4.08. The predicted molar refractivity (Wildman–Crippen MR) is 68.5 cm³/mol. The lowest BCUT2D eigenvalue weighted by molar-refractivity contribution is 0.522. The van der Waals surface area contributed by atoms with Gasteiger partial charge in [-0.3, -0.25) is 4.99 Å². The molecule has 0 aromatic carbocycles. The molecule has 0 unspecified atom stereocenters. The lowest BCUT2D eigenvalue weighted by Gasteiger charge is -2.10. The Balaban J connectivity index is 2.68. The second kappa shape index (κ2) is 4.61. The number of allylic oxidation sites excluding steroid dienone is 5. The van der Waals surface area contributed by atoms with E-state index < -0.39 is 0 Å². The van der Waals surface area contributed by atoms with Crippen molar-refractivity contribution in [2.75, 3.05) is 0 Å². The Morgan fingerprint density at radius 3 is 2.47 bits per heavy atom. The minimum atomic E-state index is 0.143. The van der Waals surface area contributed by atoms with Gasteiger partial charge in [0.1, 0.15) is 0 Å². The van der Waals surface area contributed by atoms with Gasteiger partial charge < -0.3 is 0 Å². The molecular formula is C14H21N. The molecule has 1 nitrogen and oxygen atoms in total. The largest absolute Gasteiger partial charge is 0.284 e. The molecule has 0 amide bonds. The molecule has 82 valence electrons. The Morgan fingerprint density at radius 2 is 2.00 bits per heavy atom. The summed E-state index contributed by atoms with van der Waals surface area (Å²) in [6, 6.07) is 0. The fourth-order valence-corrected chi connectivity index (χ4v) is 1.62. The molecule has 1 heteroatoms. The molecule has 0 saturated carbocycles. The van der Waals surface area contributed by atoms with Gasteiger partial charge in [0.2, 0.25) is 0 Å². The summed E-state index contributed by atoms with van der Waals surface area (Å²) in [4.78, 5) is 4.67. The third-order valence-corrected chi connectivity index (χ3v) is 2.46. The van der Waals surface area contributed by atoms with Crippen molar-refractivity contribution in [3.8, 4) is 0 Å².